The van der Waals surface area contributed by atoms with Gasteiger partial charge in [0.15, 0.2) is 0 Å². The third-order valence-corrected chi connectivity index (χ3v) is 5.07. The molecule has 0 spiro atoms. The van der Waals surface area contributed by atoms with Gasteiger partial charge < -0.3 is 5.11 Å². The van der Waals surface area contributed by atoms with E-state index in [1.165, 1.54) is 0 Å². The van der Waals surface area contributed by atoms with Gasteiger partial charge in [0.25, 0.3) is 0 Å². The number of aliphatic hydroxyl groups is 1. The summed E-state index contributed by atoms with van der Waals surface area (Å²) in [7, 11) is 0. The molecule has 1 N–H and O–H groups in total. The van der Waals surface area contributed by atoms with Crippen LogP contribution in [0.1, 0.15) is 26.0 Å². The molecule has 5 heteroatoms. The largest absolute Gasteiger partial charge is 0.396 e. The fraction of sp³-hybridized carbons (Fsp3) is 0.526. The maximum absolute atomic E-state index is 9.37. The molecule has 0 saturated carbocycles. The molecule has 1 aliphatic heterocycles. The van der Waals surface area contributed by atoms with E-state index in [1.54, 1.807) is 0 Å². The Kier molecular flexibility index (Phi) is 5.72. The number of piperazine rings is 1. The van der Waals surface area contributed by atoms with Gasteiger partial charge in [-0.15, -0.1) is 0 Å². The molecule has 3 rings (SSSR count). The highest BCUT2D eigenvalue weighted by molar-refractivity contribution is 6.31. The topological polar surface area (TPSA) is 39.6 Å². The van der Waals surface area contributed by atoms with E-state index in [9.17, 15) is 5.11 Å². The third kappa shape index (κ3) is 4.06. The molecule has 1 saturated heterocycles. The molecule has 1 atom stereocenters. The van der Waals surface area contributed by atoms with Crippen molar-refractivity contribution in [2.45, 2.75) is 38.9 Å². The van der Waals surface area contributed by atoms with Crippen LogP contribution in [0.3, 0.4) is 0 Å². The van der Waals surface area contributed by atoms with Gasteiger partial charge >= 0.3 is 0 Å². The van der Waals surface area contributed by atoms with Crippen LogP contribution in [0.2, 0.25) is 5.02 Å². The van der Waals surface area contributed by atoms with Crippen molar-refractivity contribution in [2.24, 2.45) is 0 Å². The second-order valence-electron chi connectivity index (χ2n) is 6.87. The molecule has 1 aromatic heterocycles. The van der Waals surface area contributed by atoms with Gasteiger partial charge in [0, 0.05) is 55.3 Å². The van der Waals surface area contributed by atoms with Crippen LogP contribution < -0.4 is 0 Å². The van der Waals surface area contributed by atoms with Crippen molar-refractivity contribution in [3.63, 3.8) is 0 Å². The standard InChI is InChI=1S/C19H26ClN3O/c1-14(2)23-9-8-22(13-18(23)7-10-24)12-17-5-3-15-11-16(20)4-6-19(15)21-17/h3-6,11,14,18,24H,7-10,12-13H2,1-2H3. The summed E-state index contributed by atoms with van der Waals surface area (Å²) in [5.41, 5.74) is 2.08. The number of fused-ring (bicyclic) bond motifs is 1. The highest BCUT2D eigenvalue weighted by Crippen LogP contribution is 2.20. The Morgan fingerprint density at radius 3 is 2.83 bits per heavy atom. The molecule has 0 bridgehead atoms. The lowest BCUT2D eigenvalue weighted by Gasteiger charge is -2.43. The number of aromatic nitrogens is 1. The number of nitrogens with zero attached hydrogens (tertiary/aromatic N) is 3. The van der Waals surface area contributed by atoms with Gasteiger partial charge in [-0.1, -0.05) is 17.7 Å². The second kappa shape index (κ2) is 7.79. The quantitative estimate of drug-likeness (QED) is 0.901. The van der Waals surface area contributed by atoms with E-state index in [0.29, 0.717) is 12.1 Å². The van der Waals surface area contributed by atoms with Crippen LogP contribution in [-0.4, -0.2) is 58.2 Å². The number of hydrogen-bond acceptors (Lipinski definition) is 4. The molecule has 1 aromatic carbocycles. The first-order valence-electron chi connectivity index (χ1n) is 8.71. The van der Waals surface area contributed by atoms with Crippen molar-refractivity contribution in [1.29, 1.82) is 0 Å². The Balaban J connectivity index is 1.70. The van der Waals surface area contributed by atoms with Crippen LogP contribution >= 0.6 is 11.6 Å². The van der Waals surface area contributed by atoms with Crippen molar-refractivity contribution in [2.75, 3.05) is 26.2 Å². The number of pyridine rings is 1. The normalized spacial score (nSPS) is 20.1. The van der Waals surface area contributed by atoms with Crippen LogP contribution in [-0.2, 0) is 6.54 Å². The fourth-order valence-electron chi connectivity index (χ4n) is 3.62. The van der Waals surface area contributed by atoms with Crippen molar-refractivity contribution >= 4 is 22.5 Å². The zero-order valence-corrected chi connectivity index (χ0v) is 15.2. The number of rotatable bonds is 5. The summed E-state index contributed by atoms with van der Waals surface area (Å²) < 4.78 is 0. The molecule has 0 radical (unpaired) electrons. The van der Waals surface area contributed by atoms with Crippen LogP contribution in [0, 0.1) is 0 Å². The lowest BCUT2D eigenvalue weighted by molar-refractivity contribution is 0.0345. The summed E-state index contributed by atoms with van der Waals surface area (Å²) in [5, 5.41) is 11.2. The van der Waals surface area contributed by atoms with E-state index >= 15 is 0 Å². The molecule has 1 aliphatic rings. The minimum Gasteiger partial charge on any atom is -0.396 e. The van der Waals surface area contributed by atoms with Crippen LogP contribution in [0.5, 0.6) is 0 Å². The maximum Gasteiger partial charge on any atom is 0.0706 e. The van der Waals surface area contributed by atoms with E-state index in [1.807, 2.05) is 18.2 Å². The lowest BCUT2D eigenvalue weighted by atomic mass is 10.1. The van der Waals surface area contributed by atoms with Gasteiger partial charge in [0.2, 0.25) is 0 Å². The van der Waals surface area contributed by atoms with E-state index < -0.39 is 0 Å². The average Bonchev–Trinajstić information content (AvgIpc) is 2.55. The van der Waals surface area contributed by atoms with Crippen molar-refractivity contribution < 1.29 is 5.11 Å². The zero-order chi connectivity index (χ0) is 17.1. The van der Waals surface area contributed by atoms with E-state index in [2.05, 4.69) is 35.8 Å². The van der Waals surface area contributed by atoms with Crippen molar-refractivity contribution in [1.82, 2.24) is 14.8 Å². The van der Waals surface area contributed by atoms with E-state index in [4.69, 9.17) is 16.6 Å². The first-order chi connectivity index (χ1) is 11.6. The third-order valence-electron chi connectivity index (χ3n) is 4.83. The van der Waals surface area contributed by atoms with Gasteiger partial charge in [0.05, 0.1) is 11.2 Å². The molecule has 2 aromatic rings. The molecular formula is C19H26ClN3O. The number of aliphatic hydroxyl groups excluding tert-OH is 1. The molecule has 0 amide bonds. The number of benzene rings is 1. The van der Waals surface area contributed by atoms with Crippen molar-refractivity contribution in [3.05, 3.63) is 41.0 Å². The monoisotopic (exact) mass is 347 g/mol. The molecule has 4 nitrogen and oxygen atoms in total. The highest BCUT2D eigenvalue weighted by atomic mass is 35.5. The molecule has 0 aliphatic carbocycles. The average molecular weight is 348 g/mol. The second-order valence-corrected chi connectivity index (χ2v) is 7.31. The predicted octanol–water partition coefficient (Wildman–Crippen LogP) is 3.17. The Labute approximate surface area is 149 Å². The number of hydrogen-bond donors (Lipinski definition) is 1. The van der Waals surface area contributed by atoms with E-state index in [-0.39, 0.29) is 6.61 Å². The van der Waals surface area contributed by atoms with Crippen LogP contribution in [0.25, 0.3) is 10.9 Å². The van der Waals surface area contributed by atoms with Gasteiger partial charge in [-0.25, -0.2) is 0 Å². The summed E-state index contributed by atoms with van der Waals surface area (Å²) in [6, 6.07) is 10.9. The molecular weight excluding hydrogens is 322 g/mol. The Bertz CT molecular complexity index is 691. The zero-order valence-electron chi connectivity index (χ0n) is 14.5. The summed E-state index contributed by atoms with van der Waals surface area (Å²) in [6.07, 6.45) is 0.832. The maximum atomic E-state index is 9.37. The summed E-state index contributed by atoms with van der Waals surface area (Å²) >= 11 is 6.04. The Morgan fingerprint density at radius 1 is 1.25 bits per heavy atom. The SMILES string of the molecule is CC(C)N1CCN(Cc2ccc3cc(Cl)ccc3n2)CC1CCO. The fourth-order valence-corrected chi connectivity index (χ4v) is 3.80. The Hall–Kier alpha value is -1.20. The first kappa shape index (κ1) is 17.6. The molecule has 1 unspecified atom stereocenters. The lowest BCUT2D eigenvalue weighted by Crippen LogP contribution is -2.55. The minimum absolute atomic E-state index is 0.247. The van der Waals surface area contributed by atoms with Gasteiger partial charge in [-0.2, -0.15) is 0 Å². The van der Waals surface area contributed by atoms with Gasteiger partial charge in [-0.05, 0) is 44.5 Å². The van der Waals surface area contributed by atoms with Crippen LogP contribution in [0.4, 0.5) is 0 Å². The molecule has 2 heterocycles. The molecule has 1 fully saturated rings. The minimum atomic E-state index is 0.247. The van der Waals surface area contributed by atoms with Crippen molar-refractivity contribution in [3.8, 4) is 0 Å². The number of halogens is 1. The van der Waals surface area contributed by atoms with E-state index in [0.717, 1.165) is 54.2 Å². The van der Waals surface area contributed by atoms with Gasteiger partial charge in [0.1, 0.15) is 0 Å². The summed E-state index contributed by atoms with van der Waals surface area (Å²) in [6.45, 7) is 8.64. The smallest absolute Gasteiger partial charge is 0.0706 e. The molecule has 130 valence electrons. The summed E-state index contributed by atoms with van der Waals surface area (Å²) in [5.74, 6) is 0. The highest BCUT2D eigenvalue weighted by Gasteiger charge is 2.28. The summed E-state index contributed by atoms with van der Waals surface area (Å²) in [4.78, 5) is 9.72. The molecule has 24 heavy (non-hydrogen) atoms. The predicted molar refractivity (Wildman–Crippen MR) is 99.4 cm³/mol. The van der Waals surface area contributed by atoms with Crippen LogP contribution in [0.15, 0.2) is 30.3 Å². The first-order valence-corrected chi connectivity index (χ1v) is 9.09. The van der Waals surface area contributed by atoms with Gasteiger partial charge in [-0.3, -0.25) is 14.8 Å². The Morgan fingerprint density at radius 2 is 2.08 bits per heavy atom.